The van der Waals surface area contributed by atoms with Gasteiger partial charge in [0.15, 0.2) is 5.96 Å². The Kier molecular flexibility index (Phi) is 8.34. The van der Waals surface area contributed by atoms with Gasteiger partial charge in [0.25, 0.3) is 0 Å². The second-order valence-corrected chi connectivity index (χ2v) is 10.1. The molecule has 29 heavy (non-hydrogen) atoms. The maximum Gasteiger partial charge on any atom is 0.408 e. The molecule has 8 heteroatoms. The monoisotopic (exact) mass is 423 g/mol. The van der Waals surface area contributed by atoms with E-state index in [2.05, 4.69) is 43.4 Å². The average Bonchev–Trinajstić information content (AvgIpc) is 3.29. The number of guanidine groups is 1. The molecule has 1 atom stereocenters. The van der Waals surface area contributed by atoms with E-state index in [0.717, 1.165) is 25.6 Å². The van der Waals surface area contributed by atoms with Crippen molar-refractivity contribution in [3.8, 4) is 0 Å². The van der Waals surface area contributed by atoms with Gasteiger partial charge in [0.05, 0.1) is 11.6 Å². The summed E-state index contributed by atoms with van der Waals surface area (Å²) in [6.45, 7) is 13.1. The summed E-state index contributed by atoms with van der Waals surface area (Å²) in [6, 6.07) is 4.67. The van der Waals surface area contributed by atoms with Crippen molar-refractivity contribution in [2.45, 2.75) is 64.6 Å². The number of carbonyl (C=O) groups is 1. The van der Waals surface area contributed by atoms with Crippen molar-refractivity contribution in [2.24, 2.45) is 4.99 Å². The molecule has 1 saturated heterocycles. The summed E-state index contributed by atoms with van der Waals surface area (Å²) in [4.78, 5) is 20.3. The third-order valence-corrected chi connectivity index (χ3v) is 5.65. The lowest BCUT2D eigenvalue weighted by Gasteiger charge is -2.30. The minimum absolute atomic E-state index is 0.351. The fourth-order valence-electron chi connectivity index (χ4n) is 3.29. The van der Waals surface area contributed by atoms with Crippen LogP contribution in [0.15, 0.2) is 22.5 Å². The van der Waals surface area contributed by atoms with Crippen LogP contribution in [-0.4, -0.2) is 61.3 Å². The summed E-state index contributed by atoms with van der Waals surface area (Å²) in [7, 11) is 1.76. The number of likely N-dealkylation sites (tertiary alicyclic amines) is 1. The molecule has 0 saturated carbocycles. The highest BCUT2D eigenvalue weighted by atomic mass is 32.1. The van der Waals surface area contributed by atoms with Crippen LogP contribution in [0.3, 0.4) is 0 Å². The van der Waals surface area contributed by atoms with E-state index >= 15 is 0 Å². The molecule has 1 unspecified atom stereocenters. The summed E-state index contributed by atoms with van der Waals surface area (Å²) in [5, 5.41) is 11.8. The molecule has 1 aliphatic rings. The van der Waals surface area contributed by atoms with Gasteiger partial charge in [0.2, 0.25) is 0 Å². The smallest absolute Gasteiger partial charge is 0.408 e. The van der Waals surface area contributed by atoms with Crippen molar-refractivity contribution in [1.29, 1.82) is 0 Å². The molecule has 2 rings (SSSR count). The highest BCUT2D eigenvalue weighted by Gasteiger charge is 2.26. The Labute approximate surface area is 179 Å². The molecular weight excluding hydrogens is 386 g/mol. The molecule has 3 N–H and O–H groups in total. The van der Waals surface area contributed by atoms with Crippen molar-refractivity contribution in [2.75, 3.05) is 33.2 Å². The predicted octanol–water partition coefficient (Wildman–Crippen LogP) is 3.35. The number of amides is 1. The number of thiophene rings is 1. The van der Waals surface area contributed by atoms with Crippen LogP contribution < -0.4 is 16.0 Å². The lowest BCUT2D eigenvalue weighted by molar-refractivity contribution is 0.0474. The summed E-state index contributed by atoms with van der Waals surface area (Å²) in [5.74, 6) is 0.727. The number of hydrogen-bond acceptors (Lipinski definition) is 5. The van der Waals surface area contributed by atoms with Gasteiger partial charge in [-0.25, -0.2) is 4.79 Å². The van der Waals surface area contributed by atoms with Crippen molar-refractivity contribution in [3.63, 3.8) is 0 Å². The normalized spacial score (nSPS) is 17.1. The number of carbonyl (C=O) groups excluding carboxylic acids is 1. The van der Waals surface area contributed by atoms with Crippen molar-refractivity contribution < 1.29 is 9.53 Å². The molecule has 0 aromatic carbocycles. The van der Waals surface area contributed by atoms with Crippen molar-refractivity contribution >= 4 is 23.4 Å². The molecule has 1 amide bonds. The Bertz CT molecular complexity index is 661. The highest BCUT2D eigenvalue weighted by Crippen LogP contribution is 2.27. The summed E-state index contributed by atoms with van der Waals surface area (Å²) < 4.78 is 5.36. The molecule has 1 aromatic heterocycles. The number of nitrogens with one attached hydrogen (secondary N) is 3. The van der Waals surface area contributed by atoms with Gasteiger partial charge in [-0.3, -0.25) is 9.89 Å². The molecular formula is C21H37N5O2S. The van der Waals surface area contributed by atoms with Gasteiger partial charge < -0.3 is 20.7 Å². The van der Waals surface area contributed by atoms with Crippen molar-refractivity contribution in [1.82, 2.24) is 20.9 Å². The van der Waals surface area contributed by atoms with Gasteiger partial charge in [0.1, 0.15) is 5.60 Å². The highest BCUT2D eigenvalue weighted by molar-refractivity contribution is 7.10. The first-order chi connectivity index (χ1) is 13.6. The van der Waals surface area contributed by atoms with Crippen LogP contribution in [0.1, 0.15) is 58.4 Å². The number of hydrogen-bond donors (Lipinski definition) is 3. The Hall–Kier alpha value is -1.80. The van der Waals surface area contributed by atoms with Crippen LogP contribution in [0.4, 0.5) is 4.79 Å². The van der Waals surface area contributed by atoms with Gasteiger partial charge in [0, 0.05) is 25.0 Å². The van der Waals surface area contributed by atoms with E-state index in [-0.39, 0.29) is 0 Å². The fourth-order valence-corrected chi connectivity index (χ4v) is 4.15. The molecule has 1 aliphatic heterocycles. The summed E-state index contributed by atoms with van der Waals surface area (Å²) in [6.07, 6.45) is 2.11. The molecule has 1 aromatic rings. The zero-order valence-corrected chi connectivity index (χ0v) is 19.5. The average molecular weight is 424 g/mol. The molecule has 0 radical (unpaired) electrons. The standard InChI is InChI=1S/C21H37N5O2S/c1-20(2,3)28-19(27)25-21(4,5)15-24-18(22-6)23-14-16(17-10-9-13-29-17)26-11-7-8-12-26/h9-10,13,16H,7-8,11-12,14-15H2,1-6H3,(H,25,27)(H2,22,23,24). The van der Waals surface area contributed by atoms with E-state index < -0.39 is 17.2 Å². The van der Waals surface area contributed by atoms with E-state index in [1.54, 1.807) is 18.4 Å². The fraction of sp³-hybridized carbons (Fsp3) is 0.714. The van der Waals surface area contributed by atoms with E-state index in [1.807, 2.05) is 34.6 Å². The Morgan fingerprint density at radius 1 is 1.24 bits per heavy atom. The number of alkyl carbamates (subject to hydrolysis) is 1. The lowest BCUT2D eigenvalue weighted by Crippen LogP contribution is -2.54. The van der Waals surface area contributed by atoms with E-state index in [0.29, 0.717) is 12.6 Å². The molecule has 0 spiro atoms. The second-order valence-electron chi connectivity index (χ2n) is 9.09. The third-order valence-electron chi connectivity index (χ3n) is 4.68. The van der Waals surface area contributed by atoms with Gasteiger partial charge in [-0.1, -0.05) is 6.07 Å². The molecule has 2 heterocycles. The van der Waals surface area contributed by atoms with Crippen LogP contribution in [0, 0.1) is 0 Å². The van der Waals surface area contributed by atoms with E-state index in [4.69, 9.17) is 4.74 Å². The van der Waals surface area contributed by atoms with Crippen molar-refractivity contribution in [3.05, 3.63) is 22.4 Å². The maximum atomic E-state index is 12.1. The predicted molar refractivity (Wildman–Crippen MR) is 121 cm³/mol. The van der Waals surface area contributed by atoms with Crippen LogP contribution in [0.5, 0.6) is 0 Å². The summed E-state index contributed by atoms with van der Waals surface area (Å²) >= 11 is 1.80. The lowest BCUT2D eigenvalue weighted by atomic mass is 10.1. The van der Waals surface area contributed by atoms with E-state index in [1.165, 1.54) is 17.7 Å². The van der Waals surface area contributed by atoms with Gasteiger partial charge in [-0.15, -0.1) is 11.3 Å². The Morgan fingerprint density at radius 2 is 1.93 bits per heavy atom. The molecule has 7 nitrogen and oxygen atoms in total. The first-order valence-corrected chi connectivity index (χ1v) is 11.2. The maximum absolute atomic E-state index is 12.1. The minimum atomic E-state index is -0.516. The zero-order valence-electron chi connectivity index (χ0n) is 18.7. The second kappa shape index (κ2) is 10.3. The number of aliphatic imine (C=N–C) groups is 1. The number of rotatable bonds is 7. The van der Waals surface area contributed by atoms with Crippen LogP contribution in [0.25, 0.3) is 0 Å². The van der Waals surface area contributed by atoms with E-state index in [9.17, 15) is 4.79 Å². The molecule has 1 fully saturated rings. The topological polar surface area (TPSA) is 78.0 Å². The van der Waals surface area contributed by atoms with Crippen LogP contribution >= 0.6 is 11.3 Å². The SMILES string of the molecule is CN=C(NCC(c1cccs1)N1CCCC1)NCC(C)(C)NC(=O)OC(C)(C)C. The summed E-state index contributed by atoms with van der Waals surface area (Å²) in [5.41, 5.74) is -1.00. The van der Waals surface area contributed by atoms with Crippen LogP contribution in [0.2, 0.25) is 0 Å². The molecule has 0 bridgehead atoms. The molecule has 164 valence electrons. The number of nitrogens with zero attached hydrogens (tertiary/aromatic N) is 2. The number of ether oxygens (including phenoxy) is 1. The first kappa shape index (κ1) is 23.5. The Morgan fingerprint density at radius 3 is 2.48 bits per heavy atom. The zero-order chi connectivity index (χ0) is 21.5. The van der Waals surface area contributed by atoms with Gasteiger partial charge >= 0.3 is 6.09 Å². The molecule has 0 aliphatic carbocycles. The van der Waals surface area contributed by atoms with Gasteiger partial charge in [-0.2, -0.15) is 0 Å². The van der Waals surface area contributed by atoms with Crippen LogP contribution in [-0.2, 0) is 4.74 Å². The largest absolute Gasteiger partial charge is 0.444 e. The minimum Gasteiger partial charge on any atom is -0.444 e. The quantitative estimate of drug-likeness (QED) is 0.463. The Balaban J connectivity index is 1.86. The van der Waals surface area contributed by atoms with Gasteiger partial charge in [-0.05, 0) is 72.0 Å². The first-order valence-electron chi connectivity index (χ1n) is 10.3. The third kappa shape index (κ3) is 8.22.